The number of esters is 1. The SMILES string of the molecule is CC(C)n1ncnc1COC(=O)c1ccc(N)c(Cl)c1. The minimum atomic E-state index is -0.481. The number of nitrogen functional groups attached to an aromatic ring is 1. The van der Waals surface area contributed by atoms with E-state index >= 15 is 0 Å². The first kappa shape index (κ1) is 14.3. The molecule has 0 aliphatic rings. The van der Waals surface area contributed by atoms with E-state index in [-0.39, 0.29) is 12.6 Å². The molecule has 1 aromatic heterocycles. The number of hydrogen-bond donors (Lipinski definition) is 1. The van der Waals surface area contributed by atoms with Crippen molar-refractivity contribution in [3.63, 3.8) is 0 Å². The van der Waals surface area contributed by atoms with Crippen LogP contribution in [0.2, 0.25) is 5.02 Å². The molecule has 0 spiro atoms. The Labute approximate surface area is 121 Å². The lowest BCUT2D eigenvalue weighted by Gasteiger charge is -2.10. The Morgan fingerprint density at radius 1 is 1.50 bits per heavy atom. The third-order valence-corrected chi connectivity index (χ3v) is 3.03. The Morgan fingerprint density at radius 3 is 2.90 bits per heavy atom. The molecule has 0 bridgehead atoms. The van der Waals surface area contributed by atoms with Crippen molar-refractivity contribution in [1.82, 2.24) is 14.8 Å². The van der Waals surface area contributed by atoms with Crippen molar-refractivity contribution in [2.75, 3.05) is 5.73 Å². The van der Waals surface area contributed by atoms with Gasteiger partial charge in [0.25, 0.3) is 0 Å². The maximum atomic E-state index is 11.9. The average Bonchev–Trinajstić information content (AvgIpc) is 2.87. The van der Waals surface area contributed by atoms with Gasteiger partial charge >= 0.3 is 5.97 Å². The van der Waals surface area contributed by atoms with Gasteiger partial charge in [0.05, 0.1) is 16.3 Å². The second-order valence-corrected chi connectivity index (χ2v) is 4.93. The number of aromatic nitrogens is 3. The van der Waals surface area contributed by atoms with Crippen molar-refractivity contribution >= 4 is 23.3 Å². The van der Waals surface area contributed by atoms with Crippen molar-refractivity contribution in [3.05, 3.63) is 40.9 Å². The molecule has 2 N–H and O–H groups in total. The highest BCUT2D eigenvalue weighted by atomic mass is 35.5. The maximum Gasteiger partial charge on any atom is 0.338 e. The minimum absolute atomic E-state index is 0.0546. The summed E-state index contributed by atoms with van der Waals surface area (Å²) < 4.78 is 6.89. The fourth-order valence-electron chi connectivity index (χ4n) is 1.68. The summed E-state index contributed by atoms with van der Waals surface area (Å²) >= 11 is 5.87. The number of carbonyl (C=O) groups excluding carboxylic acids is 1. The van der Waals surface area contributed by atoms with E-state index in [1.165, 1.54) is 12.4 Å². The van der Waals surface area contributed by atoms with Crippen LogP contribution in [-0.2, 0) is 11.3 Å². The maximum absolute atomic E-state index is 11.9. The first-order valence-electron chi connectivity index (χ1n) is 6.09. The van der Waals surface area contributed by atoms with Crippen molar-refractivity contribution in [2.24, 2.45) is 0 Å². The molecule has 2 aromatic rings. The molecule has 7 heteroatoms. The summed E-state index contributed by atoms with van der Waals surface area (Å²) in [5, 5.41) is 4.39. The highest BCUT2D eigenvalue weighted by Crippen LogP contribution is 2.20. The molecule has 0 saturated heterocycles. The second-order valence-electron chi connectivity index (χ2n) is 4.53. The minimum Gasteiger partial charge on any atom is -0.454 e. The van der Waals surface area contributed by atoms with Crippen molar-refractivity contribution in [3.8, 4) is 0 Å². The number of benzene rings is 1. The highest BCUT2D eigenvalue weighted by Gasteiger charge is 2.13. The van der Waals surface area contributed by atoms with Gasteiger partial charge in [-0.2, -0.15) is 5.10 Å². The average molecular weight is 295 g/mol. The Hall–Kier alpha value is -2.08. The molecular weight excluding hydrogens is 280 g/mol. The van der Waals surface area contributed by atoms with Gasteiger partial charge in [-0.05, 0) is 32.0 Å². The number of hydrogen-bond acceptors (Lipinski definition) is 5. The summed E-state index contributed by atoms with van der Waals surface area (Å²) in [6.45, 7) is 4.00. The lowest BCUT2D eigenvalue weighted by atomic mass is 10.2. The van der Waals surface area contributed by atoms with E-state index in [4.69, 9.17) is 22.1 Å². The van der Waals surface area contributed by atoms with Gasteiger partial charge < -0.3 is 10.5 Å². The van der Waals surface area contributed by atoms with E-state index in [1.54, 1.807) is 16.8 Å². The van der Waals surface area contributed by atoms with Gasteiger partial charge in [-0.15, -0.1) is 0 Å². The van der Waals surface area contributed by atoms with Crippen LogP contribution in [0.3, 0.4) is 0 Å². The largest absolute Gasteiger partial charge is 0.454 e. The number of ether oxygens (including phenoxy) is 1. The molecule has 0 aliphatic carbocycles. The van der Waals surface area contributed by atoms with Crippen LogP contribution in [0, 0.1) is 0 Å². The van der Waals surface area contributed by atoms with E-state index in [2.05, 4.69) is 10.1 Å². The molecule has 0 fully saturated rings. The number of rotatable bonds is 4. The zero-order chi connectivity index (χ0) is 14.7. The molecule has 0 amide bonds. The smallest absolute Gasteiger partial charge is 0.338 e. The Bertz CT molecular complexity index is 625. The number of anilines is 1. The molecular formula is C13H15ClN4O2. The van der Waals surface area contributed by atoms with E-state index in [0.717, 1.165) is 0 Å². The molecule has 2 rings (SSSR count). The van der Waals surface area contributed by atoms with Crippen LogP contribution in [0.15, 0.2) is 24.5 Å². The van der Waals surface area contributed by atoms with Crippen LogP contribution in [-0.4, -0.2) is 20.7 Å². The Morgan fingerprint density at radius 2 is 2.25 bits per heavy atom. The van der Waals surface area contributed by atoms with E-state index in [9.17, 15) is 4.79 Å². The first-order chi connectivity index (χ1) is 9.49. The quantitative estimate of drug-likeness (QED) is 0.692. The van der Waals surface area contributed by atoms with Crippen LogP contribution in [0.1, 0.15) is 36.1 Å². The van der Waals surface area contributed by atoms with Crippen LogP contribution >= 0.6 is 11.6 Å². The highest BCUT2D eigenvalue weighted by molar-refractivity contribution is 6.33. The topological polar surface area (TPSA) is 83.0 Å². The van der Waals surface area contributed by atoms with Crippen LogP contribution in [0.5, 0.6) is 0 Å². The lowest BCUT2D eigenvalue weighted by Crippen LogP contribution is -2.12. The molecule has 0 atom stereocenters. The van der Waals surface area contributed by atoms with Crippen LogP contribution < -0.4 is 5.73 Å². The van der Waals surface area contributed by atoms with Gasteiger partial charge in [0, 0.05) is 6.04 Å². The van der Waals surface area contributed by atoms with Crippen molar-refractivity contribution < 1.29 is 9.53 Å². The fraction of sp³-hybridized carbons (Fsp3) is 0.308. The Balaban J connectivity index is 2.05. The molecule has 0 unspecified atom stereocenters. The van der Waals surface area contributed by atoms with Crippen molar-refractivity contribution in [2.45, 2.75) is 26.5 Å². The summed E-state index contributed by atoms with van der Waals surface area (Å²) in [6.07, 6.45) is 1.43. The Kier molecular flexibility index (Phi) is 4.24. The second kappa shape index (κ2) is 5.92. The number of nitrogens with two attached hydrogens (primary N) is 1. The van der Waals surface area contributed by atoms with Gasteiger partial charge in [-0.25, -0.2) is 14.5 Å². The standard InChI is InChI=1S/C13H15ClN4O2/c1-8(2)18-12(16-7-17-18)6-20-13(19)9-3-4-11(15)10(14)5-9/h3-5,7-8H,6,15H2,1-2H3. The summed E-state index contributed by atoms with van der Waals surface area (Å²) in [6, 6.07) is 4.76. The van der Waals surface area contributed by atoms with Gasteiger partial charge in [0.15, 0.2) is 12.4 Å². The first-order valence-corrected chi connectivity index (χ1v) is 6.47. The molecule has 1 heterocycles. The molecule has 0 radical (unpaired) electrons. The molecule has 0 saturated carbocycles. The van der Waals surface area contributed by atoms with Gasteiger partial charge in [0.1, 0.15) is 6.33 Å². The van der Waals surface area contributed by atoms with E-state index in [1.807, 2.05) is 13.8 Å². The van der Waals surface area contributed by atoms with Crippen LogP contribution in [0.25, 0.3) is 0 Å². The summed E-state index contributed by atoms with van der Waals surface area (Å²) in [7, 11) is 0. The molecule has 0 aliphatic heterocycles. The number of nitrogens with zero attached hydrogens (tertiary/aromatic N) is 3. The molecule has 6 nitrogen and oxygen atoms in total. The monoisotopic (exact) mass is 294 g/mol. The fourth-order valence-corrected chi connectivity index (χ4v) is 1.86. The number of carbonyl (C=O) groups is 1. The number of halogens is 1. The summed E-state index contributed by atoms with van der Waals surface area (Å²) in [5.74, 6) is 0.111. The van der Waals surface area contributed by atoms with Crippen LogP contribution in [0.4, 0.5) is 5.69 Å². The summed E-state index contributed by atoms with van der Waals surface area (Å²) in [4.78, 5) is 16.0. The van der Waals surface area contributed by atoms with E-state index < -0.39 is 5.97 Å². The lowest BCUT2D eigenvalue weighted by molar-refractivity contribution is 0.0455. The molecule has 106 valence electrons. The zero-order valence-corrected chi connectivity index (χ0v) is 12.0. The molecule has 1 aromatic carbocycles. The molecule has 20 heavy (non-hydrogen) atoms. The third-order valence-electron chi connectivity index (χ3n) is 2.70. The third kappa shape index (κ3) is 3.08. The van der Waals surface area contributed by atoms with E-state index in [0.29, 0.717) is 22.1 Å². The predicted octanol–water partition coefficient (Wildman–Crippen LogP) is 2.45. The van der Waals surface area contributed by atoms with Gasteiger partial charge in [-0.3, -0.25) is 0 Å². The zero-order valence-electron chi connectivity index (χ0n) is 11.2. The van der Waals surface area contributed by atoms with Crippen molar-refractivity contribution in [1.29, 1.82) is 0 Å². The van der Waals surface area contributed by atoms with Gasteiger partial charge in [-0.1, -0.05) is 11.6 Å². The normalized spacial score (nSPS) is 10.8. The predicted molar refractivity (Wildman–Crippen MR) is 75.4 cm³/mol. The summed E-state index contributed by atoms with van der Waals surface area (Å²) in [5.41, 5.74) is 6.35. The van der Waals surface area contributed by atoms with Gasteiger partial charge in [0.2, 0.25) is 0 Å².